The molecule has 0 aromatic heterocycles. The number of amides is 1. The first kappa shape index (κ1) is 25.6. The molecule has 1 saturated heterocycles. The molecule has 184 valence electrons. The number of anilines is 1. The molecule has 34 heavy (non-hydrogen) atoms. The first-order chi connectivity index (χ1) is 16.2. The van der Waals surface area contributed by atoms with Gasteiger partial charge in [-0.15, -0.1) is 0 Å². The zero-order valence-corrected chi connectivity index (χ0v) is 20.4. The molecule has 0 radical (unpaired) electrons. The summed E-state index contributed by atoms with van der Waals surface area (Å²) in [4.78, 5) is 25.0. The Kier molecular flexibility index (Phi) is 8.24. The van der Waals surface area contributed by atoms with Gasteiger partial charge in [0.1, 0.15) is 6.04 Å². The molecular weight excluding hydrogens is 488 g/mol. The van der Waals surface area contributed by atoms with E-state index in [1.54, 1.807) is 0 Å². The summed E-state index contributed by atoms with van der Waals surface area (Å²) >= 11 is 5.84. The summed E-state index contributed by atoms with van der Waals surface area (Å²) < 4.78 is 47.9. The van der Waals surface area contributed by atoms with Crippen LogP contribution in [0.2, 0.25) is 5.02 Å². The Morgan fingerprint density at radius 2 is 1.68 bits per heavy atom. The lowest BCUT2D eigenvalue weighted by molar-refractivity contribution is -0.150. The molecule has 0 spiro atoms. The number of benzene rings is 2. The molecule has 10 nitrogen and oxygen atoms in total. The average molecular weight is 513 g/mol. The molecule has 1 N–H and O–H groups in total. The number of esters is 1. The number of hydrogen-bond donors (Lipinski definition) is 1. The monoisotopic (exact) mass is 512 g/mol. The van der Waals surface area contributed by atoms with Gasteiger partial charge in [0.2, 0.25) is 15.8 Å². The summed E-state index contributed by atoms with van der Waals surface area (Å²) in [7, 11) is 0.412. The van der Waals surface area contributed by atoms with Crippen molar-refractivity contribution in [3.8, 4) is 17.2 Å². The fourth-order valence-electron chi connectivity index (χ4n) is 3.59. The molecule has 1 aliphatic heterocycles. The van der Waals surface area contributed by atoms with E-state index in [0.29, 0.717) is 40.8 Å². The standard InChI is InChI=1S/C22H25ClN2O8S/c1-30-18-11-15(12-19(31-2)21(18)32-3)24-20(26)13-33-22(27)17-5-4-10-25(17)34(28,29)16-8-6-14(23)7-9-16/h6-9,11-12,17H,4-5,10,13H2,1-3H3,(H,24,26)/t17-/m0/s1. The van der Waals surface area contributed by atoms with Crippen molar-refractivity contribution in [3.05, 3.63) is 41.4 Å². The maximum Gasteiger partial charge on any atom is 0.324 e. The summed E-state index contributed by atoms with van der Waals surface area (Å²) in [6, 6.07) is 7.72. The Labute approximate surface area is 202 Å². The summed E-state index contributed by atoms with van der Waals surface area (Å²) in [6.45, 7) is -0.427. The number of carbonyl (C=O) groups excluding carboxylic acids is 2. The molecule has 2 aromatic rings. The van der Waals surface area contributed by atoms with Crippen molar-refractivity contribution in [3.63, 3.8) is 0 Å². The van der Waals surface area contributed by atoms with Crippen LogP contribution in [0.4, 0.5) is 5.69 Å². The molecular formula is C22H25ClN2O8S. The molecule has 0 saturated carbocycles. The van der Waals surface area contributed by atoms with Crippen molar-refractivity contribution < 1.29 is 37.0 Å². The van der Waals surface area contributed by atoms with Crippen molar-refractivity contribution in [1.82, 2.24) is 4.31 Å². The number of sulfonamides is 1. The maximum atomic E-state index is 13.0. The van der Waals surface area contributed by atoms with Crippen LogP contribution in [0.1, 0.15) is 12.8 Å². The molecule has 3 rings (SSSR count). The van der Waals surface area contributed by atoms with E-state index in [1.807, 2.05) is 0 Å². The molecule has 1 heterocycles. The fourth-order valence-corrected chi connectivity index (χ4v) is 5.36. The number of carbonyl (C=O) groups is 2. The lowest BCUT2D eigenvalue weighted by Gasteiger charge is -2.22. The van der Waals surface area contributed by atoms with Crippen LogP contribution in [0, 0.1) is 0 Å². The molecule has 1 fully saturated rings. The predicted octanol–water partition coefficient (Wildman–Crippen LogP) is 2.70. The first-order valence-corrected chi connectivity index (χ1v) is 12.1. The normalized spacial score (nSPS) is 16.1. The van der Waals surface area contributed by atoms with Gasteiger partial charge in [-0.25, -0.2) is 8.42 Å². The quantitative estimate of drug-likeness (QED) is 0.509. The van der Waals surface area contributed by atoms with E-state index in [1.165, 1.54) is 57.7 Å². The van der Waals surface area contributed by atoms with Crippen molar-refractivity contribution >= 4 is 39.2 Å². The molecule has 1 atom stereocenters. The second kappa shape index (κ2) is 10.9. The second-order valence-corrected chi connectivity index (χ2v) is 9.62. The van der Waals surface area contributed by atoms with Gasteiger partial charge in [-0.05, 0) is 37.1 Å². The Morgan fingerprint density at radius 3 is 2.24 bits per heavy atom. The molecule has 1 aliphatic rings. The molecule has 0 unspecified atom stereocenters. The molecule has 0 aliphatic carbocycles. The summed E-state index contributed by atoms with van der Waals surface area (Å²) in [5.41, 5.74) is 0.336. The van der Waals surface area contributed by atoms with E-state index in [0.717, 1.165) is 4.31 Å². The van der Waals surface area contributed by atoms with Gasteiger partial charge in [-0.3, -0.25) is 9.59 Å². The first-order valence-electron chi connectivity index (χ1n) is 10.2. The smallest absolute Gasteiger partial charge is 0.324 e. The van der Waals surface area contributed by atoms with Crippen LogP contribution in [0.25, 0.3) is 0 Å². The van der Waals surface area contributed by atoms with Crippen molar-refractivity contribution in [2.75, 3.05) is 39.8 Å². The van der Waals surface area contributed by atoms with Gasteiger partial charge < -0.3 is 24.3 Å². The largest absolute Gasteiger partial charge is 0.493 e. The van der Waals surface area contributed by atoms with Crippen LogP contribution in [-0.4, -0.2) is 65.1 Å². The van der Waals surface area contributed by atoms with Crippen LogP contribution < -0.4 is 19.5 Å². The van der Waals surface area contributed by atoms with Crippen LogP contribution in [-0.2, 0) is 24.3 Å². The number of methoxy groups -OCH3 is 3. The minimum atomic E-state index is -3.93. The van der Waals surface area contributed by atoms with E-state index < -0.39 is 34.5 Å². The Balaban J connectivity index is 1.65. The lowest BCUT2D eigenvalue weighted by atomic mass is 10.2. The van der Waals surface area contributed by atoms with Crippen molar-refractivity contribution in [1.29, 1.82) is 0 Å². The summed E-state index contributed by atoms with van der Waals surface area (Å²) in [5, 5.41) is 2.98. The second-order valence-electron chi connectivity index (χ2n) is 7.30. The maximum absolute atomic E-state index is 13.0. The van der Waals surface area contributed by atoms with Gasteiger partial charge in [0.15, 0.2) is 18.1 Å². The third kappa shape index (κ3) is 5.54. The SMILES string of the molecule is COc1cc(NC(=O)COC(=O)[C@@H]2CCCN2S(=O)(=O)c2ccc(Cl)cc2)cc(OC)c1OC. The number of halogens is 1. The highest BCUT2D eigenvalue weighted by Crippen LogP contribution is 2.39. The summed E-state index contributed by atoms with van der Waals surface area (Å²) in [6.07, 6.45) is 0.782. The fraction of sp³-hybridized carbons (Fsp3) is 0.364. The molecule has 12 heteroatoms. The highest BCUT2D eigenvalue weighted by molar-refractivity contribution is 7.89. The van der Waals surface area contributed by atoms with Crippen LogP contribution in [0.5, 0.6) is 17.2 Å². The van der Waals surface area contributed by atoms with Crippen LogP contribution in [0.3, 0.4) is 0 Å². The van der Waals surface area contributed by atoms with Crippen molar-refractivity contribution in [2.24, 2.45) is 0 Å². The average Bonchev–Trinajstić information content (AvgIpc) is 3.33. The van der Waals surface area contributed by atoms with E-state index in [4.69, 9.17) is 30.5 Å². The Morgan fingerprint density at radius 1 is 1.06 bits per heavy atom. The Bertz CT molecular complexity index is 1130. The third-order valence-electron chi connectivity index (χ3n) is 5.19. The van der Waals surface area contributed by atoms with E-state index in [-0.39, 0.29) is 11.4 Å². The Hall–Kier alpha value is -3.02. The zero-order valence-electron chi connectivity index (χ0n) is 18.9. The van der Waals surface area contributed by atoms with E-state index in [9.17, 15) is 18.0 Å². The number of rotatable bonds is 9. The van der Waals surface area contributed by atoms with Gasteiger partial charge in [0.05, 0.1) is 26.2 Å². The highest BCUT2D eigenvalue weighted by Gasteiger charge is 2.40. The van der Waals surface area contributed by atoms with Crippen LogP contribution in [0.15, 0.2) is 41.3 Å². The van der Waals surface area contributed by atoms with Gasteiger partial charge in [-0.2, -0.15) is 4.31 Å². The molecule has 2 aromatic carbocycles. The predicted molar refractivity (Wildman–Crippen MR) is 124 cm³/mol. The lowest BCUT2D eigenvalue weighted by Crippen LogP contribution is -2.42. The van der Waals surface area contributed by atoms with Gasteiger partial charge in [-0.1, -0.05) is 11.6 Å². The number of hydrogen-bond acceptors (Lipinski definition) is 8. The van der Waals surface area contributed by atoms with Gasteiger partial charge in [0, 0.05) is 29.4 Å². The molecule has 1 amide bonds. The van der Waals surface area contributed by atoms with Gasteiger partial charge in [0.25, 0.3) is 5.91 Å². The number of nitrogens with zero attached hydrogens (tertiary/aromatic N) is 1. The van der Waals surface area contributed by atoms with Crippen LogP contribution >= 0.6 is 11.6 Å². The minimum Gasteiger partial charge on any atom is -0.493 e. The van der Waals surface area contributed by atoms with E-state index >= 15 is 0 Å². The molecule has 0 bridgehead atoms. The topological polar surface area (TPSA) is 120 Å². The minimum absolute atomic E-state index is 0.0248. The number of nitrogens with one attached hydrogen (secondary N) is 1. The zero-order chi connectivity index (χ0) is 24.9. The van der Waals surface area contributed by atoms with Gasteiger partial charge >= 0.3 is 5.97 Å². The van der Waals surface area contributed by atoms with Crippen molar-refractivity contribution in [2.45, 2.75) is 23.8 Å². The number of ether oxygens (including phenoxy) is 4. The highest BCUT2D eigenvalue weighted by atomic mass is 35.5. The van der Waals surface area contributed by atoms with E-state index in [2.05, 4.69) is 5.32 Å². The summed E-state index contributed by atoms with van der Waals surface area (Å²) in [5.74, 6) is -0.383. The third-order valence-corrected chi connectivity index (χ3v) is 7.36.